The molecule has 1 rings (SSSR count). The number of benzene rings is 1. The molecule has 19 heavy (non-hydrogen) atoms. The zero-order chi connectivity index (χ0) is 14.3. The Bertz CT molecular complexity index is 541. The van der Waals surface area contributed by atoms with Crippen molar-refractivity contribution in [3.63, 3.8) is 0 Å². The van der Waals surface area contributed by atoms with Crippen molar-refractivity contribution in [2.75, 3.05) is 12.8 Å². The lowest BCUT2D eigenvalue weighted by atomic mass is 10.2. The van der Waals surface area contributed by atoms with Crippen LogP contribution < -0.4 is 10.0 Å². The summed E-state index contributed by atoms with van der Waals surface area (Å²) in [4.78, 5) is 22.3. The Kier molecular flexibility index (Phi) is 5.31. The van der Waals surface area contributed by atoms with Crippen molar-refractivity contribution in [3.05, 3.63) is 35.9 Å². The van der Waals surface area contributed by atoms with Crippen LogP contribution in [0.1, 0.15) is 5.56 Å². The second-order valence-corrected chi connectivity index (χ2v) is 5.46. The number of rotatable bonds is 5. The first-order valence-corrected chi connectivity index (χ1v) is 7.21. The third-order valence-electron chi connectivity index (χ3n) is 1.91. The first-order valence-electron chi connectivity index (χ1n) is 5.32. The van der Waals surface area contributed by atoms with E-state index in [1.54, 1.807) is 29.0 Å². The fraction of sp³-hybridized carbons (Fsp3) is 0.273. The number of amides is 2. The topological polar surface area (TPSA) is 102 Å². The van der Waals surface area contributed by atoms with Crippen LogP contribution in [0.2, 0.25) is 0 Å². The van der Waals surface area contributed by atoms with Gasteiger partial charge < -0.3 is 10.1 Å². The minimum atomic E-state index is -3.62. The Morgan fingerprint density at radius 2 is 1.84 bits per heavy atom. The molecule has 0 aliphatic heterocycles. The van der Waals surface area contributed by atoms with E-state index in [-0.39, 0.29) is 6.61 Å². The zero-order valence-corrected chi connectivity index (χ0v) is 11.1. The van der Waals surface area contributed by atoms with Gasteiger partial charge in [-0.15, -0.1) is 0 Å². The summed E-state index contributed by atoms with van der Waals surface area (Å²) in [6.07, 6.45) is 0.0473. The van der Waals surface area contributed by atoms with Crippen molar-refractivity contribution in [2.24, 2.45) is 0 Å². The molecule has 8 heteroatoms. The molecule has 0 fully saturated rings. The van der Waals surface area contributed by atoms with Gasteiger partial charge in [-0.3, -0.25) is 9.52 Å². The average molecular weight is 286 g/mol. The summed E-state index contributed by atoms with van der Waals surface area (Å²) >= 11 is 0. The van der Waals surface area contributed by atoms with Gasteiger partial charge in [0.05, 0.1) is 6.26 Å². The van der Waals surface area contributed by atoms with Crippen LogP contribution in [-0.4, -0.2) is 33.2 Å². The maximum atomic E-state index is 11.2. The number of carbonyl (C=O) groups is 2. The van der Waals surface area contributed by atoms with Crippen molar-refractivity contribution in [3.8, 4) is 0 Å². The summed E-state index contributed by atoms with van der Waals surface area (Å²) < 4.78 is 28.0. The number of ether oxygens (including phenoxy) is 1. The van der Waals surface area contributed by atoms with E-state index in [2.05, 4.69) is 5.32 Å². The predicted octanol–water partition coefficient (Wildman–Crippen LogP) is -0.0114. The third-order valence-corrected chi connectivity index (χ3v) is 2.50. The van der Waals surface area contributed by atoms with Gasteiger partial charge in [0.2, 0.25) is 10.0 Å². The quantitative estimate of drug-likeness (QED) is 0.792. The van der Waals surface area contributed by atoms with Crippen LogP contribution in [0, 0.1) is 0 Å². The number of alkyl carbamates (subject to hydrolysis) is 1. The van der Waals surface area contributed by atoms with E-state index in [4.69, 9.17) is 4.74 Å². The highest BCUT2D eigenvalue weighted by molar-refractivity contribution is 7.89. The lowest BCUT2D eigenvalue weighted by Gasteiger charge is -2.07. The van der Waals surface area contributed by atoms with Crippen LogP contribution in [-0.2, 0) is 26.2 Å². The van der Waals surface area contributed by atoms with E-state index >= 15 is 0 Å². The third kappa shape index (κ3) is 7.04. The standard InChI is InChI=1S/C11H14N2O5S/c1-19(16,17)13-10(14)7-12-11(15)18-8-9-5-3-2-4-6-9/h2-6H,7-8H2,1H3,(H,12,15)(H,13,14). The number of carbonyl (C=O) groups excluding carboxylic acids is 2. The molecule has 104 valence electrons. The molecular weight excluding hydrogens is 272 g/mol. The fourth-order valence-corrected chi connectivity index (χ4v) is 1.66. The maximum Gasteiger partial charge on any atom is 0.407 e. The molecule has 0 spiro atoms. The molecule has 1 aromatic rings. The monoisotopic (exact) mass is 286 g/mol. The minimum Gasteiger partial charge on any atom is -0.445 e. The molecule has 7 nitrogen and oxygen atoms in total. The molecule has 0 saturated heterocycles. The highest BCUT2D eigenvalue weighted by atomic mass is 32.2. The van der Waals surface area contributed by atoms with Gasteiger partial charge in [0.15, 0.2) is 0 Å². The van der Waals surface area contributed by atoms with Crippen molar-refractivity contribution in [1.29, 1.82) is 0 Å². The van der Waals surface area contributed by atoms with Crippen molar-refractivity contribution in [1.82, 2.24) is 10.0 Å². The molecule has 0 aliphatic carbocycles. The first kappa shape index (κ1) is 15.0. The highest BCUT2D eigenvalue weighted by Gasteiger charge is 2.10. The van der Waals surface area contributed by atoms with Gasteiger partial charge in [-0.05, 0) is 5.56 Å². The average Bonchev–Trinajstić information content (AvgIpc) is 2.33. The van der Waals surface area contributed by atoms with E-state index in [9.17, 15) is 18.0 Å². The van der Waals surface area contributed by atoms with Gasteiger partial charge in [0, 0.05) is 0 Å². The normalized spacial score (nSPS) is 10.6. The molecule has 0 aliphatic rings. The Hall–Kier alpha value is -2.09. The number of nitrogens with one attached hydrogen (secondary N) is 2. The van der Waals surface area contributed by atoms with Crippen LogP contribution in [0.4, 0.5) is 4.79 Å². The summed E-state index contributed by atoms with van der Waals surface area (Å²) in [7, 11) is -3.62. The summed E-state index contributed by atoms with van der Waals surface area (Å²) in [5, 5.41) is 2.14. The van der Waals surface area contributed by atoms with Gasteiger partial charge in [0.25, 0.3) is 5.91 Å². The van der Waals surface area contributed by atoms with Gasteiger partial charge in [-0.2, -0.15) is 0 Å². The molecule has 0 aromatic heterocycles. The number of hydrogen-bond donors (Lipinski definition) is 2. The molecule has 0 saturated carbocycles. The van der Waals surface area contributed by atoms with Crippen LogP contribution in [0.5, 0.6) is 0 Å². The van der Waals surface area contributed by atoms with Crippen LogP contribution in [0.25, 0.3) is 0 Å². The number of sulfonamides is 1. The van der Waals surface area contributed by atoms with E-state index in [1.807, 2.05) is 6.07 Å². The molecule has 0 bridgehead atoms. The van der Waals surface area contributed by atoms with E-state index in [0.717, 1.165) is 11.8 Å². The molecule has 0 radical (unpaired) electrons. The number of hydrogen-bond acceptors (Lipinski definition) is 5. The fourth-order valence-electron chi connectivity index (χ4n) is 1.17. The lowest BCUT2D eigenvalue weighted by molar-refractivity contribution is -0.118. The smallest absolute Gasteiger partial charge is 0.407 e. The van der Waals surface area contributed by atoms with E-state index < -0.39 is 28.6 Å². The molecular formula is C11H14N2O5S. The first-order chi connectivity index (χ1) is 8.87. The van der Waals surface area contributed by atoms with Gasteiger partial charge >= 0.3 is 6.09 Å². The molecule has 2 N–H and O–H groups in total. The largest absolute Gasteiger partial charge is 0.445 e. The van der Waals surface area contributed by atoms with Gasteiger partial charge in [-0.25, -0.2) is 13.2 Å². The van der Waals surface area contributed by atoms with Crippen LogP contribution in [0.3, 0.4) is 0 Å². The Balaban J connectivity index is 2.27. The lowest BCUT2D eigenvalue weighted by Crippen LogP contribution is -2.39. The Morgan fingerprint density at radius 1 is 1.21 bits per heavy atom. The molecule has 0 unspecified atom stereocenters. The summed E-state index contributed by atoms with van der Waals surface area (Å²) in [5.74, 6) is -0.834. The predicted molar refractivity (Wildman–Crippen MR) is 67.6 cm³/mol. The summed E-state index contributed by atoms with van der Waals surface area (Å²) in [6.45, 7) is -0.402. The molecule has 0 heterocycles. The molecule has 2 amide bonds. The zero-order valence-electron chi connectivity index (χ0n) is 10.3. The molecule has 0 atom stereocenters. The van der Waals surface area contributed by atoms with Crippen molar-refractivity contribution < 1.29 is 22.7 Å². The Morgan fingerprint density at radius 3 is 2.42 bits per heavy atom. The van der Waals surface area contributed by atoms with Crippen LogP contribution >= 0.6 is 0 Å². The van der Waals surface area contributed by atoms with E-state index in [0.29, 0.717) is 0 Å². The Labute approximate surface area is 111 Å². The van der Waals surface area contributed by atoms with Crippen molar-refractivity contribution >= 4 is 22.0 Å². The second kappa shape index (κ2) is 6.74. The summed E-state index contributed by atoms with van der Waals surface area (Å²) in [5.41, 5.74) is 0.804. The maximum absolute atomic E-state index is 11.2. The van der Waals surface area contributed by atoms with Gasteiger partial charge in [0.1, 0.15) is 13.2 Å². The second-order valence-electron chi connectivity index (χ2n) is 3.71. The van der Waals surface area contributed by atoms with Crippen molar-refractivity contribution in [2.45, 2.75) is 6.61 Å². The summed E-state index contributed by atoms with van der Waals surface area (Å²) in [6, 6.07) is 9.00. The van der Waals surface area contributed by atoms with E-state index in [1.165, 1.54) is 0 Å². The van der Waals surface area contributed by atoms with Crippen LogP contribution in [0.15, 0.2) is 30.3 Å². The minimum absolute atomic E-state index is 0.0698. The SMILES string of the molecule is CS(=O)(=O)NC(=O)CNC(=O)OCc1ccccc1. The molecule has 1 aromatic carbocycles. The highest BCUT2D eigenvalue weighted by Crippen LogP contribution is 2.00. The van der Waals surface area contributed by atoms with Gasteiger partial charge in [-0.1, -0.05) is 30.3 Å².